The number of hydrogen-bond donors (Lipinski definition) is 0. The Labute approximate surface area is 137 Å². The van der Waals surface area contributed by atoms with E-state index in [0.29, 0.717) is 22.3 Å². The number of fused-ring (bicyclic) bond motifs is 1. The minimum absolute atomic E-state index is 0.306. The maximum atomic E-state index is 12.6. The van der Waals surface area contributed by atoms with Crippen molar-refractivity contribution < 1.29 is 28.5 Å². The van der Waals surface area contributed by atoms with Crippen LogP contribution in [-0.4, -0.2) is 40.4 Å². The summed E-state index contributed by atoms with van der Waals surface area (Å²) >= 11 is 0. The molecule has 0 saturated heterocycles. The number of hydrogen-bond acceptors (Lipinski definition) is 7. The van der Waals surface area contributed by atoms with Crippen LogP contribution in [0.15, 0.2) is 29.1 Å². The van der Waals surface area contributed by atoms with Gasteiger partial charge in [-0.25, -0.2) is 9.59 Å². The fourth-order valence-corrected chi connectivity index (χ4v) is 2.34. The number of methoxy groups -OCH3 is 4. The van der Waals surface area contributed by atoms with E-state index in [1.54, 1.807) is 12.1 Å². The van der Waals surface area contributed by atoms with Crippen LogP contribution in [0, 0.1) is 0 Å². The Hall–Kier alpha value is -3.09. The Bertz CT molecular complexity index is 802. The second-order valence-corrected chi connectivity index (χ2v) is 4.73. The summed E-state index contributed by atoms with van der Waals surface area (Å²) < 4.78 is 19.8. The van der Waals surface area contributed by atoms with Crippen molar-refractivity contribution in [2.24, 2.45) is 0 Å². The Morgan fingerprint density at radius 1 is 0.750 bits per heavy atom. The van der Waals surface area contributed by atoms with E-state index in [-0.39, 0.29) is 11.1 Å². The van der Waals surface area contributed by atoms with E-state index in [1.807, 2.05) is 0 Å². The number of benzene rings is 1. The second-order valence-electron chi connectivity index (χ2n) is 4.73. The van der Waals surface area contributed by atoms with Crippen LogP contribution < -0.4 is 14.9 Å². The first-order valence-corrected chi connectivity index (χ1v) is 6.88. The van der Waals surface area contributed by atoms with Crippen LogP contribution in [0.5, 0.6) is 11.5 Å². The van der Waals surface area contributed by atoms with Gasteiger partial charge in [0, 0.05) is 10.8 Å². The fourth-order valence-electron chi connectivity index (χ4n) is 2.34. The van der Waals surface area contributed by atoms with Crippen LogP contribution in [0.2, 0.25) is 0 Å². The smallest absolute Gasteiger partial charge is 0.341 e. The molecule has 0 aliphatic heterocycles. The fraction of sp³-hybridized carbons (Fsp3) is 0.235. The molecule has 0 aliphatic carbocycles. The Kier molecular flexibility index (Phi) is 5.03. The minimum Gasteiger partial charge on any atom is -0.496 e. The van der Waals surface area contributed by atoms with Crippen molar-refractivity contribution in [3.63, 3.8) is 0 Å². The molecule has 0 aliphatic rings. The molecule has 0 unspecified atom stereocenters. The van der Waals surface area contributed by atoms with E-state index < -0.39 is 17.4 Å². The number of carbonyl (C=O) groups is 2. The van der Waals surface area contributed by atoms with Gasteiger partial charge in [-0.2, -0.15) is 0 Å². The Balaban J connectivity index is 3.08. The van der Waals surface area contributed by atoms with Gasteiger partial charge < -0.3 is 18.9 Å². The topological polar surface area (TPSA) is 88.1 Å². The Morgan fingerprint density at radius 2 is 1.12 bits per heavy atom. The highest BCUT2D eigenvalue weighted by atomic mass is 16.5. The maximum absolute atomic E-state index is 12.6. The molecular formula is C17H16O7. The van der Waals surface area contributed by atoms with Gasteiger partial charge >= 0.3 is 11.9 Å². The summed E-state index contributed by atoms with van der Waals surface area (Å²) in [6.45, 7) is 0. The highest BCUT2D eigenvalue weighted by Crippen LogP contribution is 2.33. The molecule has 24 heavy (non-hydrogen) atoms. The molecule has 2 aromatic rings. The van der Waals surface area contributed by atoms with Crippen LogP contribution in [0.1, 0.15) is 20.7 Å². The minimum atomic E-state index is -0.868. The number of ether oxygens (including phenoxy) is 4. The van der Waals surface area contributed by atoms with E-state index in [1.165, 1.54) is 26.4 Å². The molecule has 0 N–H and O–H groups in total. The van der Waals surface area contributed by atoms with E-state index >= 15 is 0 Å². The average Bonchev–Trinajstić information content (AvgIpc) is 2.76. The quantitative estimate of drug-likeness (QED) is 0.789. The van der Waals surface area contributed by atoms with E-state index in [4.69, 9.17) is 9.47 Å². The van der Waals surface area contributed by atoms with Crippen molar-refractivity contribution in [1.82, 2.24) is 0 Å². The summed E-state index contributed by atoms with van der Waals surface area (Å²) in [7, 11) is 5.19. The molecule has 0 atom stereocenters. The number of rotatable bonds is 4. The molecule has 0 saturated carbocycles. The number of carbonyl (C=O) groups excluding carboxylic acids is 2. The van der Waals surface area contributed by atoms with Crippen molar-refractivity contribution in [3.8, 4) is 11.5 Å². The van der Waals surface area contributed by atoms with Gasteiger partial charge in [-0.05, 0) is 24.3 Å². The molecule has 2 rings (SSSR count). The molecule has 0 aromatic heterocycles. The summed E-state index contributed by atoms with van der Waals surface area (Å²) in [5, 5.41) is 0.842. The molecule has 126 valence electrons. The van der Waals surface area contributed by atoms with Crippen LogP contribution >= 0.6 is 0 Å². The molecule has 0 amide bonds. The molecule has 2 aromatic carbocycles. The van der Waals surface area contributed by atoms with Gasteiger partial charge in [0.1, 0.15) is 22.6 Å². The van der Waals surface area contributed by atoms with Gasteiger partial charge in [0.2, 0.25) is 5.43 Å². The first-order chi connectivity index (χ1) is 11.5. The standard InChI is InChI=1S/C17H16O7/c1-21-13-5-6-14(22-2)10-8-12(17(20)24-4)15(18)11(7-9(10)13)16(19)23-3/h5-8H,1-4H3. The molecule has 0 radical (unpaired) electrons. The maximum Gasteiger partial charge on any atom is 0.341 e. The van der Waals surface area contributed by atoms with Crippen molar-refractivity contribution in [2.45, 2.75) is 0 Å². The lowest BCUT2D eigenvalue weighted by molar-refractivity contribution is 0.0597. The third-order valence-corrected chi connectivity index (χ3v) is 3.52. The zero-order valence-corrected chi connectivity index (χ0v) is 13.7. The lowest BCUT2D eigenvalue weighted by Crippen LogP contribution is -2.21. The van der Waals surface area contributed by atoms with E-state index in [2.05, 4.69) is 9.47 Å². The van der Waals surface area contributed by atoms with Crippen molar-refractivity contribution in [2.75, 3.05) is 28.4 Å². The zero-order valence-electron chi connectivity index (χ0n) is 13.7. The predicted octanol–water partition coefficient (Wildman–Crippen LogP) is 1.79. The van der Waals surface area contributed by atoms with Crippen molar-refractivity contribution >= 4 is 22.7 Å². The van der Waals surface area contributed by atoms with Crippen molar-refractivity contribution in [1.29, 1.82) is 0 Å². The third kappa shape index (κ3) is 2.88. The summed E-state index contributed by atoms with van der Waals surface area (Å²) in [6.07, 6.45) is 0. The van der Waals surface area contributed by atoms with Gasteiger partial charge in [-0.15, -0.1) is 0 Å². The average molecular weight is 332 g/mol. The van der Waals surface area contributed by atoms with Crippen LogP contribution in [0.25, 0.3) is 10.8 Å². The van der Waals surface area contributed by atoms with Gasteiger partial charge in [0.15, 0.2) is 0 Å². The lowest BCUT2D eigenvalue weighted by atomic mass is 10.1. The van der Waals surface area contributed by atoms with Gasteiger partial charge in [0.05, 0.1) is 28.4 Å². The van der Waals surface area contributed by atoms with Gasteiger partial charge in [0.25, 0.3) is 0 Å². The normalized spacial score (nSPS) is 10.2. The Morgan fingerprint density at radius 3 is 1.42 bits per heavy atom. The highest BCUT2D eigenvalue weighted by Gasteiger charge is 2.21. The molecule has 0 bridgehead atoms. The zero-order chi connectivity index (χ0) is 17.9. The first-order valence-electron chi connectivity index (χ1n) is 6.88. The summed E-state index contributed by atoms with van der Waals surface area (Å²) in [5.41, 5.74) is -1.41. The molecule has 7 nitrogen and oxygen atoms in total. The third-order valence-electron chi connectivity index (χ3n) is 3.52. The predicted molar refractivity (Wildman–Crippen MR) is 86.0 cm³/mol. The molecule has 7 heteroatoms. The van der Waals surface area contributed by atoms with E-state index in [0.717, 1.165) is 14.2 Å². The van der Waals surface area contributed by atoms with Crippen LogP contribution in [0.4, 0.5) is 0 Å². The second kappa shape index (κ2) is 6.99. The molecular weight excluding hydrogens is 316 g/mol. The lowest BCUT2D eigenvalue weighted by Gasteiger charge is -2.08. The van der Waals surface area contributed by atoms with Gasteiger partial charge in [-0.1, -0.05) is 0 Å². The summed E-state index contributed by atoms with van der Waals surface area (Å²) in [5.74, 6) is -0.926. The molecule has 0 heterocycles. The van der Waals surface area contributed by atoms with Gasteiger partial charge in [-0.3, -0.25) is 4.79 Å². The SMILES string of the molecule is COC(=O)c1cc2c(OC)ccc(OC)c2cc(C(=O)OC)c1=O. The highest BCUT2D eigenvalue weighted by molar-refractivity contribution is 6.03. The van der Waals surface area contributed by atoms with E-state index in [9.17, 15) is 14.4 Å². The van der Waals surface area contributed by atoms with Crippen molar-refractivity contribution in [3.05, 3.63) is 45.6 Å². The number of esters is 2. The summed E-state index contributed by atoms with van der Waals surface area (Å²) in [4.78, 5) is 36.6. The van der Waals surface area contributed by atoms with Crippen LogP contribution in [0.3, 0.4) is 0 Å². The molecule has 0 spiro atoms. The summed E-state index contributed by atoms with van der Waals surface area (Å²) in [6, 6.07) is 5.89. The molecule has 0 fully saturated rings. The largest absolute Gasteiger partial charge is 0.496 e. The first kappa shape index (κ1) is 17.3. The van der Waals surface area contributed by atoms with Crippen LogP contribution in [-0.2, 0) is 9.47 Å². The monoisotopic (exact) mass is 332 g/mol.